The molecule has 1 aliphatic heterocycles. The number of rotatable bonds is 6. The molecule has 0 radical (unpaired) electrons. The van der Waals surface area contributed by atoms with E-state index < -0.39 is 10.0 Å². The number of aryl methyl sites for hydroxylation is 2. The van der Waals surface area contributed by atoms with Crippen LogP contribution in [0.1, 0.15) is 23.6 Å². The molecule has 1 N–H and O–H groups in total. The van der Waals surface area contributed by atoms with Crippen LogP contribution in [0.3, 0.4) is 0 Å². The maximum Gasteiger partial charge on any atom is 0.244 e. The van der Waals surface area contributed by atoms with Crippen LogP contribution in [0.2, 0.25) is 0 Å². The van der Waals surface area contributed by atoms with E-state index in [1.165, 1.54) is 10.2 Å². The van der Waals surface area contributed by atoms with Crippen molar-refractivity contribution < 1.29 is 8.42 Å². The quantitative estimate of drug-likeness (QED) is 0.859. The van der Waals surface area contributed by atoms with E-state index in [1.54, 1.807) is 20.2 Å². The minimum atomic E-state index is -3.49. The van der Waals surface area contributed by atoms with Crippen LogP contribution in [0.5, 0.6) is 0 Å². The highest BCUT2D eigenvalue weighted by atomic mass is 32.2. The van der Waals surface area contributed by atoms with Crippen LogP contribution in [0, 0.1) is 6.92 Å². The number of benzene rings is 1. The van der Waals surface area contributed by atoms with Crippen LogP contribution in [-0.4, -0.2) is 49.3 Å². The van der Waals surface area contributed by atoms with E-state index in [0.717, 1.165) is 26.1 Å². The molecule has 1 atom stereocenters. The van der Waals surface area contributed by atoms with Crippen molar-refractivity contribution in [1.29, 1.82) is 0 Å². The third-order valence-corrected chi connectivity index (χ3v) is 6.09. The molecule has 1 aromatic carbocycles. The van der Waals surface area contributed by atoms with Gasteiger partial charge in [0.1, 0.15) is 4.90 Å². The van der Waals surface area contributed by atoms with Crippen molar-refractivity contribution in [1.82, 2.24) is 19.4 Å². The van der Waals surface area contributed by atoms with E-state index in [2.05, 4.69) is 39.0 Å². The largest absolute Gasteiger partial charge is 0.301 e. The minimum absolute atomic E-state index is 0.258. The van der Waals surface area contributed by atoms with Crippen LogP contribution in [0.15, 0.2) is 41.4 Å². The predicted octanol–water partition coefficient (Wildman–Crippen LogP) is 1.50. The fraction of sp³-hybridized carbons (Fsp3) is 0.471. The molecule has 1 aromatic heterocycles. The number of sulfonamides is 1. The number of aromatic nitrogens is 2. The van der Waals surface area contributed by atoms with E-state index in [9.17, 15) is 8.42 Å². The van der Waals surface area contributed by atoms with Gasteiger partial charge in [0.05, 0.1) is 5.69 Å². The van der Waals surface area contributed by atoms with Gasteiger partial charge in [-0.05, 0) is 31.4 Å². The molecule has 24 heavy (non-hydrogen) atoms. The Morgan fingerprint density at radius 2 is 2.04 bits per heavy atom. The third kappa shape index (κ3) is 3.85. The lowest BCUT2D eigenvalue weighted by Crippen LogP contribution is -2.34. The zero-order chi connectivity index (χ0) is 17.2. The molecule has 2 aromatic rings. The Balaban J connectivity index is 1.51. The fourth-order valence-corrected chi connectivity index (χ4v) is 4.53. The van der Waals surface area contributed by atoms with Crippen LogP contribution in [0.25, 0.3) is 0 Å². The zero-order valence-electron chi connectivity index (χ0n) is 14.1. The fourth-order valence-electron chi connectivity index (χ4n) is 3.29. The Morgan fingerprint density at radius 1 is 1.29 bits per heavy atom. The van der Waals surface area contributed by atoms with Gasteiger partial charge in [0.15, 0.2) is 0 Å². The second-order valence-corrected chi connectivity index (χ2v) is 8.08. The third-order valence-electron chi connectivity index (χ3n) is 4.52. The Hall–Kier alpha value is -1.70. The Morgan fingerprint density at radius 3 is 2.71 bits per heavy atom. The van der Waals surface area contributed by atoms with Gasteiger partial charge in [-0.1, -0.05) is 30.3 Å². The molecule has 3 rings (SSSR count). The molecule has 1 saturated heterocycles. The summed E-state index contributed by atoms with van der Waals surface area (Å²) in [4.78, 5) is 2.57. The maximum atomic E-state index is 12.3. The normalized spacial score (nSPS) is 19.0. The summed E-state index contributed by atoms with van der Waals surface area (Å²) in [6.07, 6.45) is 2.66. The summed E-state index contributed by atoms with van der Waals surface area (Å²) in [5, 5.41) is 4.09. The lowest BCUT2D eigenvalue weighted by Gasteiger charge is -2.16. The summed E-state index contributed by atoms with van der Waals surface area (Å²) in [5.41, 5.74) is 1.89. The van der Waals surface area contributed by atoms with Crippen molar-refractivity contribution in [3.63, 3.8) is 0 Å². The van der Waals surface area contributed by atoms with Crippen molar-refractivity contribution in [2.75, 3.05) is 26.2 Å². The van der Waals surface area contributed by atoms with Gasteiger partial charge in [-0.15, -0.1) is 0 Å². The van der Waals surface area contributed by atoms with Crippen molar-refractivity contribution in [2.24, 2.45) is 7.05 Å². The van der Waals surface area contributed by atoms with Gasteiger partial charge in [0, 0.05) is 32.9 Å². The molecular formula is C17H24N4O2S. The molecule has 2 heterocycles. The van der Waals surface area contributed by atoms with Crippen LogP contribution < -0.4 is 4.72 Å². The molecule has 7 heteroatoms. The Kier molecular flexibility index (Phi) is 5.03. The Bertz CT molecular complexity index is 786. The van der Waals surface area contributed by atoms with Crippen LogP contribution >= 0.6 is 0 Å². The van der Waals surface area contributed by atoms with Gasteiger partial charge >= 0.3 is 0 Å². The highest BCUT2D eigenvalue weighted by Crippen LogP contribution is 2.26. The monoisotopic (exact) mass is 348 g/mol. The lowest BCUT2D eigenvalue weighted by molar-refractivity contribution is 0.339. The van der Waals surface area contributed by atoms with Crippen molar-refractivity contribution in [3.05, 3.63) is 47.8 Å². The van der Waals surface area contributed by atoms with Crippen LogP contribution in [-0.2, 0) is 17.1 Å². The maximum absolute atomic E-state index is 12.3. The molecule has 1 aliphatic rings. The predicted molar refractivity (Wildman–Crippen MR) is 93.4 cm³/mol. The zero-order valence-corrected chi connectivity index (χ0v) is 15.0. The molecule has 6 nitrogen and oxygen atoms in total. The first-order valence-corrected chi connectivity index (χ1v) is 9.71. The molecule has 0 unspecified atom stereocenters. The van der Waals surface area contributed by atoms with E-state index in [0.29, 0.717) is 18.2 Å². The Labute approximate surface area is 143 Å². The molecule has 0 bridgehead atoms. The number of nitrogens with one attached hydrogen (secondary N) is 1. The average molecular weight is 348 g/mol. The first kappa shape index (κ1) is 17.1. The molecule has 0 saturated carbocycles. The van der Waals surface area contributed by atoms with E-state index >= 15 is 0 Å². The molecule has 0 spiro atoms. The second-order valence-electron chi connectivity index (χ2n) is 6.35. The molecule has 130 valence electrons. The summed E-state index contributed by atoms with van der Waals surface area (Å²) < 4.78 is 28.9. The molecule has 0 amide bonds. The summed E-state index contributed by atoms with van der Waals surface area (Å²) in [7, 11) is -1.77. The summed E-state index contributed by atoms with van der Waals surface area (Å²) in [6, 6.07) is 10.5. The first-order valence-electron chi connectivity index (χ1n) is 8.23. The average Bonchev–Trinajstić information content (AvgIpc) is 3.15. The van der Waals surface area contributed by atoms with Gasteiger partial charge < -0.3 is 4.90 Å². The molecule has 1 fully saturated rings. The summed E-state index contributed by atoms with van der Waals surface area (Å²) in [5.74, 6) is 0.545. The second kappa shape index (κ2) is 7.04. The van der Waals surface area contributed by atoms with Crippen molar-refractivity contribution in [3.8, 4) is 0 Å². The van der Waals surface area contributed by atoms with Gasteiger partial charge in [-0.2, -0.15) is 5.10 Å². The number of hydrogen-bond acceptors (Lipinski definition) is 4. The van der Waals surface area contributed by atoms with E-state index in [-0.39, 0.29) is 4.90 Å². The van der Waals surface area contributed by atoms with Crippen LogP contribution in [0.4, 0.5) is 0 Å². The van der Waals surface area contributed by atoms with E-state index in [4.69, 9.17) is 0 Å². The minimum Gasteiger partial charge on any atom is -0.301 e. The van der Waals surface area contributed by atoms with Crippen molar-refractivity contribution >= 4 is 10.0 Å². The number of hydrogen-bond donors (Lipinski definition) is 1. The number of nitrogens with zero attached hydrogens (tertiary/aromatic N) is 3. The van der Waals surface area contributed by atoms with Gasteiger partial charge in [0.25, 0.3) is 0 Å². The lowest BCUT2D eigenvalue weighted by atomic mass is 9.99. The molecular weight excluding hydrogens is 324 g/mol. The smallest absolute Gasteiger partial charge is 0.244 e. The highest BCUT2D eigenvalue weighted by Gasteiger charge is 2.24. The van der Waals surface area contributed by atoms with Gasteiger partial charge in [-0.25, -0.2) is 13.1 Å². The SMILES string of the molecule is Cc1nn(C)cc1S(=O)(=O)NCCN1CC[C@@H](c2ccccc2)C1. The summed E-state index contributed by atoms with van der Waals surface area (Å²) >= 11 is 0. The first-order chi connectivity index (χ1) is 11.5. The van der Waals surface area contributed by atoms with Gasteiger partial charge in [-0.3, -0.25) is 4.68 Å². The van der Waals surface area contributed by atoms with Crippen molar-refractivity contribution in [2.45, 2.75) is 24.2 Å². The topological polar surface area (TPSA) is 67.2 Å². The highest BCUT2D eigenvalue weighted by molar-refractivity contribution is 7.89. The standard InChI is InChI=1S/C17H24N4O2S/c1-14-17(13-20(2)19-14)24(22,23)18-9-11-21-10-8-16(12-21)15-6-4-3-5-7-15/h3-7,13,16,18H,8-12H2,1-2H3/t16-/m1/s1. The number of likely N-dealkylation sites (tertiary alicyclic amines) is 1. The molecule has 0 aliphatic carbocycles. The summed E-state index contributed by atoms with van der Waals surface area (Å²) in [6.45, 7) is 4.84. The van der Waals surface area contributed by atoms with Gasteiger partial charge in [0.2, 0.25) is 10.0 Å². The van der Waals surface area contributed by atoms with E-state index in [1.807, 2.05) is 6.07 Å².